The van der Waals surface area contributed by atoms with E-state index in [0.717, 1.165) is 31.9 Å². The average Bonchev–Trinajstić information content (AvgIpc) is 2.86. The molecule has 0 aliphatic carbocycles. The van der Waals surface area contributed by atoms with Crippen molar-refractivity contribution < 1.29 is 4.74 Å². The Morgan fingerprint density at radius 2 is 2.05 bits per heavy atom. The van der Waals surface area contributed by atoms with E-state index in [1.54, 1.807) is 0 Å². The van der Waals surface area contributed by atoms with E-state index < -0.39 is 0 Å². The molecule has 0 radical (unpaired) electrons. The zero-order chi connectivity index (χ0) is 14.3. The van der Waals surface area contributed by atoms with E-state index in [-0.39, 0.29) is 0 Å². The Labute approximate surface area is 117 Å². The predicted octanol–water partition coefficient (Wildman–Crippen LogP) is 3.00. The molecule has 4 nitrogen and oxygen atoms in total. The van der Waals surface area contributed by atoms with Crippen molar-refractivity contribution in [1.82, 2.24) is 15.1 Å². The number of aromatic nitrogens is 2. The summed E-state index contributed by atoms with van der Waals surface area (Å²) in [5.41, 5.74) is 1.10. The predicted molar refractivity (Wildman–Crippen MR) is 79.2 cm³/mol. The molecule has 0 aliphatic heterocycles. The Hall–Kier alpha value is -0.870. The van der Waals surface area contributed by atoms with Gasteiger partial charge < -0.3 is 10.1 Å². The van der Waals surface area contributed by atoms with E-state index in [2.05, 4.69) is 50.4 Å². The summed E-state index contributed by atoms with van der Waals surface area (Å²) in [5.74, 6) is 0.559. The van der Waals surface area contributed by atoms with Crippen LogP contribution in [0, 0.1) is 5.92 Å². The molecule has 0 spiro atoms. The fraction of sp³-hybridized carbons (Fsp3) is 0.800. The molecule has 110 valence electrons. The van der Waals surface area contributed by atoms with Crippen LogP contribution in [0.4, 0.5) is 0 Å². The molecule has 2 unspecified atom stereocenters. The van der Waals surface area contributed by atoms with Gasteiger partial charge in [0, 0.05) is 31.4 Å². The molecule has 0 aliphatic rings. The molecule has 0 amide bonds. The third-order valence-electron chi connectivity index (χ3n) is 3.56. The smallest absolute Gasteiger partial charge is 0.0762 e. The van der Waals surface area contributed by atoms with Gasteiger partial charge >= 0.3 is 0 Å². The molecule has 2 atom stereocenters. The Balaban J connectivity index is 2.47. The number of hydrogen-bond acceptors (Lipinski definition) is 3. The molecule has 1 N–H and O–H groups in total. The topological polar surface area (TPSA) is 39.1 Å². The van der Waals surface area contributed by atoms with Gasteiger partial charge in [-0.25, -0.2) is 0 Å². The van der Waals surface area contributed by atoms with Crippen LogP contribution in [0.1, 0.15) is 52.8 Å². The molecular formula is C15H29N3O. The Morgan fingerprint density at radius 1 is 1.32 bits per heavy atom. The molecule has 1 rings (SSSR count). The fourth-order valence-corrected chi connectivity index (χ4v) is 1.87. The maximum atomic E-state index is 5.52. The molecular weight excluding hydrogens is 238 g/mol. The van der Waals surface area contributed by atoms with E-state index in [1.165, 1.54) is 0 Å². The second-order valence-electron chi connectivity index (χ2n) is 5.44. The van der Waals surface area contributed by atoms with Crippen molar-refractivity contribution in [2.75, 3.05) is 13.2 Å². The van der Waals surface area contributed by atoms with Crippen LogP contribution in [0.15, 0.2) is 12.3 Å². The van der Waals surface area contributed by atoms with Crippen molar-refractivity contribution in [3.8, 4) is 0 Å². The van der Waals surface area contributed by atoms with Crippen LogP contribution < -0.4 is 5.32 Å². The van der Waals surface area contributed by atoms with Gasteiger partial charge in [0.25, 0.3) is 0 Å². The van der Waals surface area contributed by atoms with Crippen molar-refractivity contribution in [1.29, 1.82) is 0 Å². The summed E-state index contributed by atoms with van der Waals surface area (Å²) in [6.45, 7) is 13.2. The highest BCUT2D eigenvalue weighted by Crippen LogP contribution is 2.10. The van der Waals surface area contributed by atoms with Crippen LogP contribution in [-0.4, -0.2) is 29.0 Å². The van der Waals surface area contributed by atoms with Gasteiger partial charge in [-0.1, -0.05) is 20.8 Å². The van der Waals surface area contributed by atoms with E-state index in [0.29, 0.717) is 18.0 Å². The van der Waals surface area contributed by atoms with Crippen molar-refractivity contribution in [2.45, 2.75) is 59.7 Å². The van der Waals surface area contributed by atoms with E-state index in [4.69, 9.17) is 4.74 Å². The number of hydrogen-bond donors (Lipinski definition) is 1. The van der Waals surface area contributed by atoms with Gasteiger partial charge in [-0.05, 0) is 32.3 Å². The largest absolute Gasteiger partial charge is 0.380 e. The minimum atomic E-state index is 0.383. The maximum Gasteiger partial charge on any atom is 0.0762 e. The zero-order valence-corrected chi connectivity index (χ0v) is 13.0. The lowest BCUT2D eigenvalue weighted by Crippen LogP contribution is -2.37. The Kier molecular flexibility index (Phi) is 7.10. The quantitative estimate of drug-likeness (QED) is 0.747. The van der Waals surface area contributed by atoms with Crippen molar-refractivity contribution in [3.63, 3.8) is 0 Å². The Morgan fingerprint density at radius 3 is 2.63 bits per heavy atom. The Bertz CT molecular complexity index is 349. The first-order valence-corrected chi connectivity index (χ1v) is 7.43. The van der Waals surface area contributed by atoms with Crippen molar-refractivity contribution >= 4 is 0 Å². The summed E-state index contributed by atoms with van der Waals surface area (Å²) in [5, 5.41) is 8.15. The van der Waals surface area contributed by atoms with Crippen LogP contribution in [0.2, 0.25) is 0 Å². The summed E-state index contributed by atoms with van der Waals surface area (Å²) in [6, 6.07) is 2.95. The monoisotopic (exact) mass is 267 g/mol. The fourth-order valence-electron chi connectivity index (χ4n) is 1.87. The van der Waals surface area contributed by atoms with Gasteiger partial charge in [-0.3, -0.25) is 4.68 Å². The third-order valence-corrected chi connectivity index (χ3v) is 3.56. The molecule has 1 heterocycles. The highest BCUT2D eigenvalue weighted by Gasteiger charge is 2.13. The van der Waals surface area contributed by atoms with Crippen molar-refractivity contribution in [3.05, 3.63) is 18.0 Å². The van der Waals surface area contributed by atoms with Crippen LogP contribution in [0.5, 0.6) is 0 Å². The molecule has 0 bridgehead atoms. The van der Waals surface area contributed by atoms with Gasteiger partial charge in [0.1, 0.15) is 0 Å². The molecule has 19 heavy (non-hydrogen) atoms. The molecule has 1 aromatic heterocycles. The van der Waals surface area contributed by atoms with Gasteiger partial charge in [0.15, 0.2) is 0 Å². The first-order valence-electron chi connectivity index (χ1n) is 7.43. The van der Waals surface area contributed by atoms with E-state index in [1.807, 2.05) is 11.6 Å². The second-order valence-corrected chi connectivity index (χ2v) is 5.44. The highest BCUT2D eigenvalue weighted by atomic mass is 16.5. The SMILES string of the molecule is CCOCC(NCc1ccn(C(C)CC)n1)C(C)C. The van der Waals surface area contributed by atoms with Gasteiger partial charge in [0.2, 0.25) is 0 Å². The molecule has 0 aromatic carbocycles. The molecule has 4 heteroatoms. The minimum absolute atomic E-state index is 0.383. The van der Waals surface area contributed by atoms with Crippen LogP contribution in [-0.2, 0) is 11.3 Å². The van der Waals surface area contributed by atoms with Gasteiger partial charge in [-0.2, -0.15) is 5.10 Å². The van der Waals surface area contributed by atoms with Crippen LogP contribution in [0.3, 0.4) is 0 Å². The lowest BCUT2D eigenvalue weighted by molar-refractivity contribution is 0.107. The molecule has 0 saturated carbocycles. The lowest BCUT2D eigenvalue weighted by atomic mass is 10.1. The van der Waals surface area contributed by atoms with Gasteiger partial charge in [-0.15, -0.1) is 0 Å². The maximum absolute atomic E-state index is 5.52. The second kappa shape index (κ2) is 8.33. The highest BCUT2D eigenvalue weighted by molar-refractivity contribution is 4.99. The summed E-state index contributed by atoms with van der Waals surface area (Å²) in [7, 11) is 0. The van der Waals surface area contributed by atoms with E-state index in [9.17, 15) is 0 Å². The number of nitrogens with one attached hydrogen (secondary N) is 1. The number of rotatable bonds is 9. The first kappa shape index (κ1) is 16.2. The lowest BCUT2D eigenvalue weighted by Gasteiger charge is -2.21. The summed E-state index contributed by atoms with van der Waals surface area (Å²) in [4.78, 5) is 0. The standard InChI is InChI=1S/C15H29N3O/c1-6-13(5)18-9-8-14(17-18)10-16-15(12(3)4)11-19-7-2/h8-9,12-13,15-16H,6-7,10-11H2,1-5H3. The van der Waals surface area contributed by atoms with E-state index >= 15 is 0 Å². The zero-order valence-electron chi connectivity index (χ0n) is 13.0. The van der Waals surface area contributed by atoms with Gasteiger partial charge in [0.05, 0.1) is 12.3 Å². The molecule has 0 fully saturated rings. The third kappa shape index (κ3) is 5.33. The average molecular weight is 267 g/mol. The van der Waals surface area contributed by atoms with Crippen LogP contribution >= 0.6 is 0 Å². The summed E-state index contributed by atoms with van der Waals surface area (Å²) < 4.78 is 7.56. The molecule has 1 aromatic rings. The summed E-state index contributed by atoms with van der Waals surface area (Å²) in [6.07, 6.45) is 3.17. The minimum Gasteiger partial charge on any atom is -0.380 e. The number of ether oxygens (including phenoxy) is 1. The molecule has 0 saturated heterocycles. The normalized spacial score (nSPS) is 14.8. The van der Waals surface area contributed by atoms with Crippen LogP contribution in [0.25, 0.3) is 0 Å². The first-order chi connectivity index (χ1) is 9.08. The van der Waals surface area contributed by atoms with Crippen molar-refractivity contribution in [2.24, 2.45) is 5.92 Å². The number of nitrogens with zero attached hydrogens (tertiary/aromatic N) is 2. The summed E-state index contributed by atoms with van der Waals surface area (Å²) >= 11 is 0.